The maximum absolute atomic E-state index is 13.1. The van der Waals surface area contributed by atoms with Gasteiger partial charge in [-0.25, -0.2) is 4.39 Å². The van der Waals surface area contributed by atoms with E-state index in [-0.39, 0.29) is 22.7 Å². The molecule has 0 aliphatic heterocycles. The number of nitro groups is 2. The van der Waals surface area contributed by atoms with Gasteiger partial charge in [0.15, 0.2) is 0 Å². The Hall–Kier alpha value is -3.07. The molecule has 0 saturated heterocycles. The summed E-state index contributed by atoms with van der Waals surface area (Å²) in [7, 11) is 0. The molecule has 24 heavy (non-hydrogen) atoms. The number of carbonyl (C=O) groups is 1. The van der Waals surface area contributed by atoms with Crippen LogP contribution in [0, 0.1) is 26.0 Å². The fraction of sp³-hybridized carbons (Fsp3) is 0.0714. The summed E-state index contributed by atoms with van der Waals surface area (Å²) in [5.41, 5.74) is -0.750. The standard InChI is InChI=1S/C14H9ClFN3O5/c15-11-6-9(2-4-12(11)16)17-14(20)5-8-1-3-10(18(21)22)7-13(8)19(23)24/h1-4,6-7H,5H2,(H,17,20). The number of nitrogens with zero attached hydrogens (tertiary/aromatic N) is 2. The first kappa shape index (κ1) is 17.3. The monoisotopic (exact) mass is 353 g/mol. The van der Waals surface area contributed by atoms with E-state index in [1.54, 1.807) is 0 Å². The van der Waals surface area contributed by atoms with Gasteiger partial charge < -0.3 is 5.32 Å². The van der Waals surface area contributed by atoms with E-state index in [4.69, 9.17) is 11.6 Å². The highest BCUT2D eigenvalue weighted by atomic mass is 35.5. The van der Waals surface area contributed by atoms with Crippen molar-refractivity contribution < 1.29 is 19.0 Å². The van der Waals surface area contributed by atoms with Crippen molar-refractivity contribution in [2.24, 2.45) is 0 Å². The van der Waals surface area contributed by atoms with Crippen molar-refractivity contribution >= 4 is 34.6 Å². The summed E-state index contributed by atoms with van der Waals surface area (Å²) < 4.78 is 13.1. The van der Waals surface area contributed by atoms with Gasteiger partial charge in [-0.15, -0.1) is 0 Å². The van der Waals surface area contributed by atoms with Crippen molar-refractivity contribution in [1.82, 2.24) is 0 Å². The number of hydrogen-bond acceptors (Lipinski definition) is 5. The van der Waals surface area contributed by atoms with Crippen LogP contribution >= 0.6 is 11.6 Å². The second kappa shape index (κ2) is 7.01. The van der Waals surface area contributed by atoms with Gasteiger partial charge in [0, 0.05) is 17.3 Å². The van der Waals surface area contributed by atoms with Crippen LogP contribution in [0.3, 0.4) is 0 Å². The molecule has 2 aromatic carbocycles. The van der Waals surface area contributed by atoms with Gasteiger partial charge in [0.05, 0.1) is 27.4 Å². The molecule has 0 fully saturated rings. The molecule has 0 aromatic heterocycles. The molecule has 0 bridgehead atoms. The molecule has 2 rings (SSSR count). The predicted molar refractivity (Wildman–Crippen MR) is 83.5 cm³/mol. The van der Waals surface area contributed by atoms with Crippen LogP contribution in [0.4, 0.5) is 21.5 Å². The second-order valence-corrected chi connectivity index (χ2v) is 5.09. The average molecular weight is 354 g/mol. The lowest BCUT2D eigenvalue weighted by molar-refractivity contribution is -0.394. The summed E-state index contributed by atoms with van der Waals surface area (Å²) in [6.45, 7) is 0. The molecular weight excluding hydrogens is 345 g/mol. The molecule has 2 aromatic rings. The van der Waals surface area contributed by atoms with Crippen LogP contribution in [-0.2, 0) is 11.2 Å². The van der Waals surface area contributed by atoms with Gasteiger partial charge in [-0.05, 0) is 24.3 Å². The van der Waals surface area contributed by atoms with Crippen LogP contribution in [0.1, 0.15) is 5.56 Å². The van der Waals surface area contributed by atoms with E-state index < -0.39 is 32.9 Å². The van der Waals surface area contributed by atoms with Crippen molar-refractivity contribution in [2.45, 2.75) is 6.42 Å². The molecule has 124 valence electrons. The molecular formula is C14H9ClFN3O5. The molecule has 1 amide bonds. The van der Waals surface area contributed by atoms with Crippen LogP contribution in [0.15, 0.2) is 36.4 Å². The van der Waals surface area contributed by atoms with E-state index in [1.807, 2.05) is 0 Å². The lowest BCUT2D eigenvalue weighted by atomic mass is 10.1. The van der Waals surface area contributed by atoms with Crippen LogP contribution in [0.5, 0.6) is 0 Å². The molecule has 0 spiro atoms. The topological polar surface area (TPSA) is 115 Å². The zero-order valence-corrected chi connectivity index (χ0v) is 12.6. The number of amides is 1. The van der Waals surface area contributed by atoms with Crippen LogP contribution in [0.2, 0.25) is 5.02 Å². The Labute approximate surface area is 139 Å². The van der Waals surface area contributed by atoms with Crippen LogP contribution < -0.4 is 5.32 Å². The van der Waals surface area contributed by atoms with E-state index in [0.29, 0.717) is 0 Å². The van der Waals surface area contributed by atoms with Crippen molar-refractivity contribution in [3.05, 3.63) is 73.0 Å². The normalized spacial score (nSPS) is 10.2. The molecule has 0 radical (unpaired) electrons. The van der Waals surface area contributed by atoms with Crippen LogP contribution in [0.25, 0.3) is 0 Å². The Morgan fingerprint density at radius 1 is 1.12 bits per heavy atom. The van der Waals surface area contributed by atoms with Crippen molar-refractivity contribution in [2.75, 3.05) is 5.32 Å². The lowest BCUT2D eigenvalue weighted by Gasteiger charge is -2.06. The number of nitrogens with one attached hydrogen (secondary N) is 1. The Morgan fingerprint density at radius 2 is 1.83 bits per heavy atom. The summed E-state index contributed by atoms with van der Waals surface area (Å²) in [4.78, 5) is 32.1. The van der Waals surface area contributed by atoms with Gasteiger partial charge in [0.1, 0.15) is 5.82 Å². The molecule has 0 saturated carbocycles. The SMILES string of the molecule is O=C(Cc1ccc([N+](=O)[O-])cc1[N+](=O)[O-])Nc1ccc(F)c(Cl)c1. The Bertz CT molecular complexity index is 843. The number of non-ortho nitro benzene ring substituents is 1. The third-order valence-electron chi connectivity index (χ3n) is 3.03. The zero-order chi connectivity index (χ0) is 17.9. The van der Waals surface area contributed by atoms with E-state index in [2.05, 4.69) is 5.32 Å². The minimum absolute atomic E-state index is 0.0105. The molecule has 0 aliphatic carbocycles. The predicted octanol–water partition coefficient (Wildman–Crippen LogP) is 3.48. The number of anilines is 1. The highest BCUT2D eigenvalue weighted by molar-refractivity contribution is 6.31. The minimum atomic E-state index is -0.801. The van der Waals surface area contributed by atoms with Crippen molar-refractivity contribution in [1.29, 1.82) is 0 Å². The summed E-state index contributed by atoms with van der Waals surface area (Å²) in [6, 6.07) is 6.55. The van der Waals surface area contributed by atoms with Crippen molar-refractivity contribution in [3.63, 3.8) is 0 Å². The Kier molecular flexibility index (Phi) is 5.05. The van der Waals surface area contributed by atoms with Gasteiger partial charge in [-0.2, -0.15) is 0 Å². The fourth-order valence-corrected chi connectivity index (χ4v) is 2.12. The lowest BCUT2D eigenvalue weighted by Crippen LogP contribution is -2.15. The first-order valence-electron chi connectivity index (χ1n) is 6.44. The number of carbonyl (C=O) groups excluding carboxylic acids is 1. The average Bonchev–Trinajstić information content (AvgIpc) is 2.50. The molecule has 0 aliphatic rings. The van der Waals surface area contributed by atoms with Gasteiger partial charge in [0.2, 0.25) is 5.91 Å². The smallest absolute Gasteiger partial charge is 0.279 e. The van der Waals surface area contributed by atoms with E-state index in [1.165, 1.54) is 12.1 Å². The molecule has 1 N–H and O–H groups in total. The van der Waals surface area contributed by atoms with Gasteiger partial charge >= 0.3 is 0 Å². The number of hydrogen-bond donors (Lipinski definition) is 1. The van der Waals surface area contributed by atoms with E-state index in [9.17, 15) is 29.4 Å². The summed E-state index contributed by atoms with van der Waals surface area (Å²) in [5.74, 6) is -1.27. The first-order chi connectivity index (χ1) is 11.3. The molecule has 0 heterocycles. The molecule has 0 unspecified atom stereocenters. The van der Waals surface area contributed by atoms with Gasteiger partial charge in [-0.1, -0.05) is 11.6 Å². The quantitative estimate of drug-likeness (QED) is 0.652. The summed E-state index contributed by atoms with van der Waals surface area (Å²) in [5, 5.41) is 23.9. The third kappa shape index (κ3) is 4.02. The molecule has 8 nitrogen and oxygen atoms in total. The highest BCUT2D eigenvalue weighted by Gasteiger charge is 2.21. The number of nitro benzene ring substituents is 2. The van der Waals surface area contributed by atoms with E-state index in [0.717, 1.165) is 24.3 Å². The fourth-order valence-electron chi connectivity index (χ4n) is 1.94. The van der Waals surface area contributed by atoms with E-state index >= 15 is 0 Å². The minimum Gasteiger partial charge on any atom is -0.326 e. The van der Waals surface area contributed by atoms with Crippen LogP contribution in [-0.4, -0.2) is 15.8 Å². The highest BCUT2D eigenvalue weighted by Crippen LogP contribution is 2.25. The number of halogens is 2. The van der Waals surface area contributed by atoms with Gasteiger partial charge in [-0.3, -0.25) is 25.0 Å². The molecule has 10 heteroatoms. The zero-order valence-electron chi connectivity index (χ0n) is 11.9. The molecule has 0 atom stereocenters. The summed E-state index contributed by atoms with van der Waals surface area (Å²) >= 11 is 5.59. The first-order valence-corrected chi connectivity index (χ1v) is 6.82. The maximum atomic E-state index is 13.1. The second-order valence-electron chi connectivity index (χ2n) is 4.68. The third-order valence-corrected chi connectivity index (χ3v) is 3.32. The number of rotatable bonds is 5. The summed E-state index contributed by atoms with van der Waals surface area (Å²) in [6.07, 6.45) is -0.386. The number of benzene rings is 2. The van der Waals surface area contributed by atoms with Crippen molar-refractivity contribution in [3.8, 4) is 0 Å². The Balaban J connectivity index is 2.20. The maximum Gasteiger partial charge on any atom is 0.279 e. The van der Waals surface area contributed by atoms with Gasteiger partial charge in [0.25, 0.3) is 11.4 Å². The Morgan fingerprint density at radius 3 is 2.42 bits per heavy atom. The largest absolute Gasteiger partial charge is 0.326 e.